The standard InChI is InChI=1S/C14H12BrNOS2/c1-19-12-4-2-3-11(13(12)14(16)18)17-10-7-5-9(15)6-8-10/h2-8H,1H3,(H2,16,18). The van der Waals surface area contributed by atoms with E-state index in [0.717, 1.165) is 20.7 Å². The Morgan fingerprint density at radius 2 is 1.89 bits per heavy atom. The van der Waals surface area contributed by atoms with Gasteiger partial charge in [0.1, 0.15) is 16.5 Å². The monoisotopic (exact) mass is 353 g/mol. The molecule has 0 aromatic heterocycles. The Hall–Kier alpha value is -1.04. The van der Waals surface area contributed by atoms with Gasteiger partial charge in [-0.15, -0.1) is 11.8 Å². The van der Waals surface area contributed by atoms with Crippen molar-refractivity contribution in [2.45, 2.75) is 4.90 Å². The van der Waals surface area contributed by atoms with Gasteiger partial charge in [-0.3, -0.25) is 0 Å². The molecule has 0 aliphatic rings. The van der Waals surface area contributed by atoms with E-state index in [1.807, 2.05) is 48.7 Å². The minimum absolute atomic E-state index is 0.345. The molecule has 0 heterocycles. The maximum absolute atomic E-state index is 5.87. The molecule has 2 N–H and O–H groups in total. The van der Waals surface area contributed by atoms with E-state index in [1.165, 1.54) is 0 Å². The van der Waals surface area contributed by atoms with Crippen LogP contribution in [0.4, 0.5) is 0 Å². The quantitative estimate of drug-likeness (QED) is 0.643. The SMILES string of the molecule is CSc1cccc(Oc2ccc(Br)cc2)c1C(N)=S. The lowest BCUT2D eigenvalue weighted by Crippen LogP contribution is -2.12. The van der Waals surface area contributed by atoms with Crippen LogP contribution >= 0.6 is 39.9 Å². The lowest BCUT2D eigenvalue weighted by molar-refractivity contribution is 0.480. The summed E-state index contributed by atoms with van der Waals surface area (Å²) in [6, 6.07) is 13.4. The summed E-state index contributed by atoms with van der Waals surface area (Å²) in [5.74, 6) is 1.43. The molecule has 2 aromatic rings. The molecule has 0 atom stereocenters. The highest BCUT2D eigenvalue weighted by Gasteiger charge is 2.12. The molecule has 2 rings (SSSR count). The molecule has 2 aromatic carbocycles. The first-order valence-corrected chi connectivity index (χ1v) is 7.94. The van der Waals surface area contributed by atoms with Gasteiger partial charge in [-0.25, -0.2) is 0 Å². The maximum atomic E-state index is 5.87. The van der Waals surface area contributed by atoms with Gasteiger partial charge in [0.05, 0.1) is 5.56 Å². The second-order valence-electron chi connectivity index (χ2n) is 3.75. The van der Waals surface area contributed by atoms with E-state index in [-0.39, 0.29) is 0 Å². The summed E-state index contributed by atoms with van der Waals surface area (Å²) in [6.07, 6.45) is 1.99. The van der Waals surface area contributed by atoms with Crippen molar-refractivity contribution in [2.75, 3.05) is 6.26 Å². The van der Waals surface area contributed by atoms with Crippen LogP contribution in [0.2, 0.25) is 0 Å². The van der Waals surface area contributed by atoms with Crippen molar-refractivity contribution in [3.05, 3.63) is 52.5 Å². The molecule has 0 aliphatic carbocycles. The Labute approximate surface area is 130 Å². The molecule has 98 valence electrons. The Balaban J connectivity index is 2.39. The van der Waals surface area contributed by atoms with Crippen LogP contribution in [0.25, 0.3) is 0 Å². The van der Waals surface area contributed by atoms with Crippen LogP contribution in [0.15, 0.2) is 51.8 Å². The first-order chi connectivity index (χ1) is 9.11. The van der Waals surface area contributed by atoms with Crippen molar-refractivity contribution in [3.8, 4) is 11.5 Å². The highest BCUT2D eigenvalue weighted by atomic mass is 79.9. The van der Waals surface area contributed by atoms with Crippen molar-refractivity contribution in [1.82, 2.24) is 0 Å². The average molecular weight is 354 g/mol. The number of halogens is 1. The van der Waals surface area contributed by atoms with Crippen LogP contribution in [0, 0.1) is 0 Å². The van der Waals surface area contributed by atoms with Crippen molar-refractivity contribution >= 4 is 44.9 Å². The Morgan fingerprint density at radius 1 is 1.21 bits per heavy atom. The minimum Gasteiger partial charge on any atom is -0.457 e. The summed E-state index contributed by atoms with van der Waals surface area (Å²) in [7, 11) is 0. The molecule has 0 spiro atoms. The Kier molecular flexibility index (Phi) is 4.85. The molecule has 5 heteroatoms. The zero-order chi connectivity index (χ0) is 13.8. The van der Waals surface area contributed by atoms with Crippen molar-refractivity contribution in [3.63, 3.8) is 0 Å². The van der Waals surface area contributed by atoms with Crippen molar-refractivity contribution in [2.24, 2.45) is 5.73 Å². The summed E-state index contributed by atoms with van der Waals surface area (Å²) in [6.45, 7) is 0. The molecule has 0 saturated heterocycles. The van der Waals surface area contributed by atoms with Crippen molar-refractivity contribution in [1.29, 1.82) is 0 Å². The normalized spacial score (nSPS) is 10.2. The molecule has 19 heavy (non-hydrogen) atoms. The topological polar surface area (TPSA) is 35.2 Å². The fourth-order valence-electron chi connectivity index (χ4n) is 1.64. The van der Waals surface area contributed by atoms with Gasteiger partial charge in [0.15, 0.2) is 0 Å². The highest BCUT2D eigenvalue weighted by molar-refractivity contribution is 9.10. The zero-order valence-corrected chi connectivity index (χ0v) is 13.4. The number of benzene rings is 2. The van der Waals surface area contributed by atoms with Crippen LogP contribution in [-0.2, 0) is 0 Å². The molecule has 0 unspecified atom stereocenters. The number of thiocarbonyl (C=S) groups is 1. The minimum atomic E-state index is 0.345. The van der Waals surface area contributed by atoms with Gasteiger partial charge in [0.25, 0.3) is 0 Å². The van der Waals surface area contributed by atoms with E-state index >= 15 is 0 Å². The van der Waals surface area contributed by atoms with E-state index in [0.29, 0.717) is 10.7 Å². The van der Waals surface area contributed by atoms with E-state index in [4.69, 9.17) is 22.7 Å². The van der Waals surface area contributed by atoms with Crippen LogP contribution in [0.1, 0.15) is 5.56 Å². The fraction of sp³-hybridized carbons (Fsp3) is 0.0714. The molecular formula is C14H12BrNOS2. The first-order valence-electron chi connectivity index (χ1n) is 5.52. The van der Waals surface area contributed by atoms with Gasteiger partial charge >= 0.3 is 0 Å². The van der Waals surface area contributed by atoms with Gasteiger partial charge in [0.2, 0.25) is 0 Å². The molecule has 0 saturated carbocycles. The number of hydrogen-bond donors (Lipinski definition) is 1. The highest BCUT2D eigenvalue weighted by Crippen LogP contribution is 2.32. The molecule has 0 radical (unpaired) electrons. The number of thioether (sulfide) groups is 1. The fourth-order valence-corrected chi connectivity index (χ4v) is 2.81. The lowest BCUT2D eigenvalue weighted by atomic mass is 10.2. The van der Waals surface area contributed by atoms with E-state index < -0.39 is 0 Å². The summed E-state index contributed by atoms with van der Waals surface area (Å²) >= 11 is 10.1. The Morgan fingerprint density at radius 3 is 2.47 bits per heavy atom. The first kappa shape index (κ1) is 14.4. The van der Waals surface area contributed by atoms with Crippen LogP contribution in [0.5, 0.6) is 11.5 Å². The van der Waals surface area contributed by atoms with E-state index in [1.54, 1.807) is 11.8 Å². The predicted octanol–water partition coefficient (Wildman–Crippen LogP) is 4.60. The van der Waals surface area contributed by atoms with Gasteiger partial charge < -0.3 is 10.5 Å². The predicted molar refractivity (Wildman–Crippen MR) is 88.3 cm³/mol. The zero-order valence-electron chi connectivity index (χ0n) is 10.2. The molecular weight excluding hydrogens is 342 g/mol. The largest absolute Gasteiger partial charge is 0.457 e. The average Bonchev–Trinajstić information content (AvgIpc) is 2.40. The molecule has 0 bridgehead atoms. The van der Waals surface area contributed by atoms with Crippen LogP contribution in [0.3, 0.4) is 0 Å². The smallest absolute Gasteiger partial charge is 0.138 e. The second kappa shape index (κ2) is 6.41. The number of nitrogens with two attached hydrogens (primary N) is 1. The lowest BCUT2D eigenvalue weighted by Gasteiger charge is -2.13. The number of ether oxygens (including phenoxy) is 1. The summed E-state index contributed by atoms with van der Waals surface area (Å²) < 4.78 is 6.87. The van der Waals surface area contributed by atoms with Gasteiger partial charge in [-0.2, -0.15) is 0 Å². The number of rotatable bonds is 4. The van der Waals surface area contributed by atoms with Crippen molar-refractivity contribution < 1.29 is 4.74 Å². The summed E-state index contributed by atoms with van der Waals surface area (Å²) in [5.41, 5.74) is 6.58. The summed E-state index contributed by atoms with van der Waals surface area (Å²) in [4.78, 5) is 1.36. The molecule has 2 nitrogen and oxygen atoms in total. The third-order valence-corrected chi connectivity index (χ3v) is 4.01. The maximum Gasteiger partial charge on any atom is 0.138 e. The molecule has 0 aliphatic heterocycles. The van der Waals surface area contributed by atoms with Gasteiger partial charge in [-0.1, -0.05) is 34.2 Å². The second-order valence-corrected chi connectivity index (χ2v) is 5.96. The number of hydrogen-bond acceptors (Lipinski definition) is 3. The summed E-state index contributed by atoms with van der Waals surface area (Å²) in [5, 5.41) is 0. The third kappa shape index (κ3) is 3.49. The third-order valence-electron chi connectivity index (χ3n) is 2.50. The molecule has 0 fully saturated rings. The van der Waals surface area contributed by atoms with E-state index in [2.05, 4.69) is 15.9 Å². The van der Waals surface area contributed by atoms with Gasteiger partial charge in [0, 0.05) is 9.37 Å². The van der Waals surface area contributed by atoms with Gasteiger partial charge in [-0.05, 0) is 42.7 Å². The van der Waals surface area contributed by atoms with Crippen LogP contribution in [-0.4, -0.2) is 11.2 Å². The molecule has 0 amide bonds. The van der Waals surface area contributed by atoms with E-state index in [9.17, 15) is 0 Å². The Bertz CT molecular complexity index is 599. The van der Waals surface area contributed by atoms with Crippen LogP contribution < -0.4 is 10.5 Å².